The second-order valence-corrected chi connectivity index (χ2v) is 21.4. The van der Waals surface area contributed by atoms with Gasteiger partial charge >= 0.3 is 0 Å². The molecule has 95 heavy (non-hydrogen) atoms. The van der Waals surface area contributed by atoms with E-state index in [-0.39, 0.29) is 67.3 Å². The van der Waals surface area contributed by atoms with Crippen LogP contribution in [0.4, 0.5) is 45.5 Å². The Bertz CT molecular complexity index is 5430. The first-order valence-corrected chi connectivity index (χ1v) is 29.1. The van der Waals surface area contributed by atoms with Gasteiger partial charge in [-0.1, -0.05) is 67.1 Å². The number of nitrogens with zero attached hydrogens (tertiary/aromatic N) is 15. The summed E-state index contributed by atoms with van der Waals surface area (Å²) in [6.07, 6.45) is 6.60. The number of nitrogen functional groups attached to an aromatic ring is 1. The van der Waals surface area contributed by atoms with Gasteiger partial charge in [-0.15, -0.1) is 0 Å². The third kappa shape index (κ3) is 12.7. The van der Waals surface area contributed by atoms with E-state index in [4.69, 9.17) is 15.7 Å². The van der Waals surface area contributed by atoms with Crippen LogP contribution in [0.15, 0.2) is 173 Å². The Morgan fingerprint density at radius 2 is 1.03 bits per heavy atom. The molecule has 0 aliphatic rings. The third-order valence-corrected chi connectivity index (χ3v) is 15.0. The number of nitriles is 1. The zero-order chi connectivity index (χ0) is 65.9. The molecule has 0 aliphatic heterocycles. The first-order valence-electron chi connectivity index (χ1n) is 29.1. The fraction of sp³-hybridized carbons (Fsp3) is 0.136. The van der Waals surface area contributed by atoms with Crippen molar-refractivity contribution in [1.29, 1.82) is 5.26 Å². The number of aromatic amines is 2. The Morgan fingerprint density at radius 3 is 1.57 bits per heavy atom. The molecule has 14 aromatic rings. The second-order valence-electron chi connectivity index (χ2n) is 21.4. The molecule has 0 amide bonds. The number of halogens is 5. The topological polar surface area (TPSA) is 325 Å². The summed E-state index contributed by atoms with van der Waals surface area (Å²) in [5, 5.41) is 19.3. The number of rotatable bonds is 13. The van der Waals surface area contributed by atoms with E-state index in [1.807, 2.05) is 93.6 Å². The highest BCUT2D eigenvalue weighted by atomic mass is 19.1. The summed E-state index contributed by atoms with van der Waals surface area (Å²) >= 11 is 0. The van der Waals surface area contributed by atoms with Crippen molar-refractivity contribution in [2.75, 3.05) is 21.7 Å². The summed E-state index contributed by atoms with van der Waals surface area (Å²) < 4.78 is 61.0. The first kappa shape index (κ1) is 63.8. The molecule has 3 atom stereocenters. The van der Waals surface area contributed by atoms with Crippen LogP contribution in [0.25, 0.3) is 72.1 Å². The molecular formula is C66H54F5N21O3. The summed E-state index contributed by atoms with van der Waals surface area (Å²) in [6, 6.07) is 35.6. The molecule has 0 fully saturated rings. The van der Waals surface area contributed by atoms with Crippen molar-refractivity contribution in [3.8, 4) is 23.1 Å². The molecule has 7 N–H and O–H groups in total. The smallest absolute Gasteiger partial charge is 0.269 e. The molecule has 0 spiro atoms. The van der Waals surface area contributed by atoms with Gasteiger partial charge in [0.15, 0.2) is 28.7 Å². The van der Waals surface area contributed by atoms with Gasteiger partial charge in [0.25, 0.3) is 16.7 Å². The minimum Gasteiger partial charge on any atom is -0.382 e. The Labute approximate surface area is 533 Å². The maximum Gasteiger partial charge on any atom is 0.269 e. The number of para-hydroxylation sites is 2. The van der Waals surface area contributed by atoms with Crippen LogP contribution >= 0.6 is 0 Å². The Morgan fingerprint density at radius 1 is 0.537 bits per heavy atom. The Balaban J connectivity index is 0.000000144. The average Bonchev–Trinajstić information content (AvgIpc) is 1.29. The van der Waals surface area contributed by atoms with E-state index in [1.165, 1.54) is 35.4 Å². The van der Waals surface area contributed by atoms with Crippen LogP contribution < -0.4 is 38.4 Å². The van der Waals surface area contributed by atoms with Crippen LogP contribution in [0.5, 0.6) is 0 Å². The number of nitrogens with two attached hydrogens (primary N) is 1. The molecule has 29 heteroatoms. The molecular weight excluding hydrogens is 1230 g/mol. The number of benzene rings is 6. The van der Waals surface area contributed by atoms with Gasteiger partial charge in [0, 0.05) is 6.07 Å². The lowest BCUT2D eigenvalue weighted by atomic mass is 10.1. The van der Waals surface area contributed by atoms with E-state index in [2.05, 4.69) is 70.8 Å². The van der Waals surface area contributed by atoms with Crippen LogP contribution in [-0.2, 0) is 0 Å². The number of hydrogen-bond acceptors (Lipinski definition) is 19. The third-order valence-electron chi connectivity index (χ3n) is 15.0. The number of fused-ring (bicyclic) bond motifs is 5. The summed E-state index contributed by atoms with van der Waals surface area (Å²) in [5.74, 6) is -0.746. The van der Waals surface area contributed by atoms with Gasteiger partial charge in [0.2, 0.25) is 0 Å². The summed E-state index contributed by atoms with van der Waals surface area (Å²) in [6.45, 7) is 9.06. The van der Waals surface area contributed by atoms with E-state index in [0.29, 0.717) is 86.0 Å². The predicted octanol–water partition coefficient (Wildman–Crippen LogP) is 11.0. The quantitative estimate of drug-likeness (QED) is 0.0584. The summed E-state index contributed by atoms with van der Waals surface area (Å²) in [4.78, 5) is 93.6. The van der Waals surface area contributed by atoms with Gasteiger partial charge in [0.05, 0.1) is 69.8 Å². The summed E-state index contributed by atoms with van der Waals surface area (Å²) in [7, 11) is 0. The SMILES string of the molecule is CC[C@H](Nc1ncnc2nc[nH]c12)c1nc2cccc(F)c2c(=O)n1-c1ccccc1.Cc1ccc2nc([C@H](C)Nc3ncnc4nc[nH]c34)n(-c3ccccc3)c(=O)c2c1.Cc1nc(N)c(C#N)c(N[C@@H](C)c2nc3cccc(F)c3c(=O)n2-c2cc(F)cc(F)c2)n1.F. The van der Waals surface area contributed by atoms with Gasteiger partial charge in [-0.25, -0.2) is 72.4 Å². The maximum atomic E-state index is 14.5. The van der Waals surface area contributed by atoms with Crippen molar-refractivity contribution < 1.29 is 22.3 Å². The maximum absolute atomic E-state index is 14.5. The van der Waals surface area contributed by atoms with Gasteiger partial charge in [0.1, 0.15) is 98.5 Å². The number of imidazole rings is 2. The lowest BCUT2D eigenvalue weighted by Crippen LogP contribution is -2.28. The standard InChI is InChI=1S/C22H16F3N7O.C22H18FN7O.C22H19N7O.FH/c1-10(28-20-15(9-26)19(27)29-11(2)30-20)21-31-17-5-3-4-16(25)18(17)22(33)32(21)14-7-12(23)6-13(24)8-14;1-2-15(28-20-18-19(25-11-24-18)26-12-27-20)21-29-16-10-6-9-14(23)17(16)22(31)30(21)13-7-4-3-5-8-13;1-13-8-9-17-16(10-13)22(30)29(15-6-4-3-5-7-15)21(28-17)14(2)27-20-18-19(24-11-23-18)25-12-26-20;/h3-8,10H,1-2H3,(H3,27,28,29,30);3-12,15H,2H2,1H3,(H2,24,25,26,27,28);3-12,14H,1-2H3,(H2,23,24,25,26,27);1H/t10-;15-;14-;/m000./s1. The minimum atomic E-state index is -0.928. The number of anilines is 4. The highest BCUT2D eigenvalue weighted by Gasteiger charge is 2.26. The molecule has 24 nitrogen and oxygen atoms in total. The Kier molecular flexibility index (Phi) is 18.1. The molecule has 476 valence electrons. The highest BCUT2D eigenvalue weighted by Crippen LogP contribution is 2.30. The number of nitrogens with one attached hydrogen (secondary N) is 5. The van der Waals surface area contributed by atoms with E-state index >= 15 is 0 Å². The van der Waals surface area contributed by atoms with Crippen LogP contribution in [0, 0.1) is 48.4 Å². The number of hydrogen-bond donors (Lipinski definition) is 6. The van der Waals surface area contributed by atoms with Crippen LogP contribution in [0.1, 0.15) is 79.7 Å². The molecule has 0 bridgehead atoms. The lowest BCUT2D eigenvalue weighted by Gasteiger charge is -2.22. The van der Waals surface area contributed by atoms with Crippen molar-refractivity contribution in [2.24, 2.45) is 0 Å². The fourth-order valence-corrected chi connectivity index (χ4v) is 10.7. The fourth-order valence-electron chi connectivity index (χ4n) is 10.7. The number of aryl methyl sites for hydroxylation is 2. The largest absolute Gasteiger partial charge is 0.382 e. The number of H-pyrrole nitrogens is 2. The van der Waals surface area contributed by atoms with Crippen molar-refractivity contribution in [1.82, 2.24) is 78.5 Å². The molecule has 0 aliphatic carbocycles. The molecule has 14 rings (SSSR count). The molecule has 0 radical (unpaired) electrons. The van der Waals surface area contributed by atoms with Crippen molar-refractivity contribution in [3.63, 3.8) is 0 Å². The molecule has 8 aromatic heterocycles. The normalized spacial score (nSPS) is 12.0. The summed E-state index contributed by atoms with van der Waals surface area (Å²) in [5.41, 5.74) is 10.0. The van der Waals surface area contributed by atoms with Crippen LogP contribution in [0.3, 0.4) is 0 Å². The number of aromatic nitrogens is 16. The van der Waals surface area contributed by atoms with E-state index < -0.39 is 40.4 Å². The van der Waals surface area contributed by atoms with E-state index in [1.54, 1.807) is 55.3 Å². The van der Waals surface area contributed by atoms with Crippen LogP contribution in [-0.4, -0.2) is 78.5 Å². The molecule has 0 unspecified atom stereocenters. The minimum absolute atomic E-state index is 0. The zero-order valence-electron chi connectivity index (χ0n) is 50.9. The monoisotopic (exact) mass is 1280 g/mol. The highest BCUT2D eigenvalue weighted by molar-refractivity contribution is 5.84. The average molecular weight is 1280 g/mol. The van der Waals surface area contributed by atoms with Crippen molar-refractivity contribution in [3.05, 3.63) is 248 Å². The second kappa shape index (κ2) is 27.0. The lowest BCUT2D eigenvalue weighted by molar-refractivity contribution is 0.579. The van der Waals surface area contributed by atoms with Gasteiger partial charge in [-0.3, -0.25) is 32.8 Å². The van der Waals surface area contributed by atoms with Gasteiger partial charge in [-0.2, -0.15) is 5.26 Å². The first-order chi connectivity index (χ1) is 45.5. The Hall–Kier alpha value is -12.7. The van der Waals surface area contributed by atoms with Crippen molar-refractivity contribution in [2.45, 2.75) is 59.2 Å². The molecule has 0 saturated carbocycles. The van der Waals surface area contributed by atoms with Crippen LogP contribution in [0.2, 0.25) is 0 Å². The van der Waals surface area contributed by atoms with Gasteiger partial charge < -0.3 is 31.7 Å². The zero-order valence-corrected chi connectivity index (χ0v) is 50.9. The van der Waals surface area contributed by atoms with E-state index in [9.17, 15) is 37.2 Å². The molecule has 6 aromatic carbocycles. The van der Waals surface area contributed by atoms with E-state index in [0.717, 1.165) is 34.0 Å². The molecule has 0 saturated heterocycles. The predicted molar refractivity (Wildman–Crippen MR) is 349 cm³/mol. The van der Waals surface area contributed by atoms with Gasteiger partial charge in [-0.05, 0) is 107 Å². The molecule has 8 heterocycles. The van der Waals surface area contributed by atoms with Crippen molar-refractivity contribution >= 4 is 78.3 Å².